The van der Waals surface area contributed by atoms with Gasteiger partial charge in [-0.3, -0.25) is 19.2 Å². The van der Waals surface area contributed by atoms with Crippen LogP contribution in [0.25, 0.3) is 0 Å². The Hall–Kier alpha value is -2.65. The average molecular weight is 385 g/mol. The summed E-state index contributed by atoms with van der Waals surface area (Å²) in [6.07, 6.45) is 0. The summed E-state index contributed by atoms with van der Waals surface area (Å²) in [5.41, 5.74) is -0.0665. The van der Waals surface area contributed by atoms with Crippen molar-refractivity contribution in [2.45, 2.75) is 11.8 Å². The predicted octanol–water partition coefficient (Wildman–Crippen LogP) is 2.84. The summed E-state index contributed by atoms with van der Waals surface area (Å²) in [4.78, 5) is 21.0. The quantitative estimate of drug-likeness (QED) is 0.604. The minimum atomic E-state index is -4.34. The summed E-state index contributed by atoms with van der Waals surface area (Å²) < 4.78 is 26.6. The van der Waals surface area contributed by atoms with Crippen molar-refractivity contribution in [3.8, 4) is 0 Å². The Balaban J connectivity index is 2.63. The van der Waals surface area contributed by atoms with E-state index in [-0.39, 0.29) is 16.1 Å². The smallest absolute Gasteiger partial charge is 0.324 e. The predicted molar refractivity (Wildman–Crippen MR) is 91.5 cm³/mol. The molecule has 0 unspecified atom stereocenters. The van der Waals surface area contributed by atoms with Gasteiger partial charge in [0.1, 0.15) is 6.54 Å². The fourth-order valence-electron chi connectivity index (χ4n) is 2.14. The second-order valence-electron chi connectivity index (χ2n) is 5.09. The molecular formula is C15H13ClN2O6S. The molecule has 25 heavy (non-hydrogen) atoms. The van der Waals surface area contributed by atoms with Crippen LogP contribution in [-0.4, -0.2) is 31.0 Å². The number of hydrogen-bond acceptors (Lipinski definition) is 5. The Morgan fingerprint density at radius 2 is 1.84 bits per heavy atom. The lowest BCUT2D eigenvalue weighted by Gasteiger charge is -2.23. The maximum atomic E-state index is 13.0. The highest BCUT2D eigenvalue weighted by atomic mass is 35.5. The Bertz CT molecular complexity index is 928. The zero-order chi connectivity index (χ0) is 18.8. The van der Waals surface area contributed by atoms with E-state index in [1.54, 1.807) is 0 Å². The first-order valence-electron chi connectivity index (χ1n) is 6.88. The standard InChI is InChI=1S/C15H13ClN2O6S/c1-10-2-5-13(18(21)22)8-14(10)25(23,24)17(9-15(19)20)12-6-3-11(16)4-7-12/h2-8H,9H2,1H3,(H,19,20). The molecule has 0 amide bonds. The molecular weight excluding hydrogens is 372 g/mol. The number of aliphatic carboxylic acids is 1. The van der Waals surface area contributed by atoms with Crippen molar-refractivity contribution < 1.29 is 23.2 Å². The molecule has 0 spiro atoms. The first-order chi connectivity index (χ1) is 11.6. The summed E-state index contributed by atoms with van der Waals surface area (Å²) in [6.45, 7) is 0.628. The van der Waals surface area contributed by atoms with Crippen LogP contribution >= 0.6 is 11.6 Å². The van der Waals surface area contributed by atoms with Gasteiger partial charge in [-0.2, -0.15) is 0 Å². The van der Waals surface area contributed by atoms with Crippen molar-refractivity contribution in [1.29, 1.82) is 0 Å². The molecule has 0 aromatic heterocycles. The first-order valence-corrected chi connectivity index (χ1v) is 8.70. The van der Waals surface area contributed by atoms with Crippen molar-refractivity contribution >= 4 is 39.0 Å². The van der Waals surface area contributed by atoms with Crippen molar-refractivity contribution in [2.75, 3.05) is 10.8 Å². The number of anilines is 1. The van der Waals surface area contributed by atoms with Crippen LogP contribution in [0.4, 0.5) is 11.4 Å². The number of carboxylic acids is 1. The lowest BCUT2D eigenvalue weighted by Crippen LogP contribution is -2.36. The third kappa shape index (κ3) is 4.06. The van der Waals surface area contributed by atoms with E-state index in [1.165, 1.54) is 43.3 Å². The molecule has 2 rings (SSSR count). The number of nitrogens with zero attached hydrogens (tertiary/aromatic N) is 2. The first kappa shape index (κ1) is 18.7. The van der Waals surface area contributed by atoms with Gasteiger partial charge in [0, 0.05) is 17.2 Å². The Morgan fingerprint density at radius 3 is 2.36 bits per heavy atom. The van der Waals surface area contributed by atoms with Crippen LogP contribution in [0.15, 0.2) is 47.4 Å². The molecule has 0 aliphatic heterocycles. The van der Waals surface area contributed by atoms with E-state index in [9.17, 15) is 23.3 Å². The molecule has 0 bridgehead atoms. The van der Waals surface area contributed by atoms with E-state index in [0.717, 1.165) is 6.07 Å². The van der Waals surface area contributed by atoms with Crippen LogP contribution in [0.2, 0.25) is 5.02 Å². The minimum Gasteiger partial charge on any atom is -0.480 e. The molecule has 0 atom stereocenters. The van der Waals surface area contributed by atoms with E-state index in [0.29, 0.717) is 9.33 Å². The van der Waals surface area contributed by atoms with E-state index in [2.05, 4.69) is 0 Å². The number of nitro benzene ring substituents is 1. The van der Waals surface area contributed by atoms with Crippen LogP contribution in [0.3, 0.4) is 0 Å². The number of benzene rings is 2. The van der Waals surface area contributed by atoms with Gasteiger partial charge in [-0.25, -0.2) is 8.42 Å². The lowest BCUT2D eigenvalue weighted by atomic mass is 10.2. The van der Waals surface area contributed by atoms with Gasteiger partial charge >= 0.3 is 5.97 Å². The van der Waals surface area contributed by atoms with Gasteiger partial charge in [0.15, 0.2) is 0 Å². The van der Waals surface area contributed by atoms with Crippen molar-refractivity contribution in [3.63, 3.8) is 0 Å². The molecule has 2 aromatic carbocycles. The SMILES string of the molecule is Cc1ccc([N+](=O)[O-])cc1S(=O)(=O)N(CC(=O)O)c1ccc(Cl)cc1. The number of non-ortho nitro benzene ring substituents is 1. The molecule has 132 valence electrons. The Labute approximate surface area is 148 Å². The van der Waals surface area contributed by atoms with Crippen LogP contribution in [-0.2, 0) is 14.8 Å². The minimum absolute atomic E-state index is 0.0812. The highest BCUT2D eigenvalue weighted by Gasteiger charge is 2.30. The maximum Gasteiger partial charge on any atom is 0.324 e. The van der Waals surface area contributed by atoms with Gasteiger partial charge in [-0.15, -0.1) is 0 Å². The maximum absolute atomic E-state index is 13.0. The normalized spacial score (nSPS) is 11.1. The van der Waals surface area contributed by atoms with Crippen LogP contribution in [0, 0.1) is 17.0 Å². The largest absolute Gasteiger partial charge is 0.480 e. The summed E-state index contributed by atoms with van der Waals surface area (Å²) in [6, 6.07) is 8.94. The van der Waals surface area contributed by atoms with Crippen molar-refractivity contribution in [2.24, 2.45) is 0 Å². The Morgan fingerprint density at radius 1 is 1.24 bits per heavy atom. The molecule has 0 aliphatic carbocycles. The number of carbonyl (C=O) groups is 1. The van der Waals surface area contributed by atoms with Crippen molar-refractivity contribution in [3.05, 3.63) is 63.2 Å². The number of sulfonamides is 1. The van der Waals surface area contributed by atoms with Gasteiger partial charge < -0.3 is 5.11 Å². The molecule has 0 aliphatic rings. The zero-order valence-electron chi connectivity index (χ0n) is 12.9. The number of aryl methyl sites for hydroxylation is 1. The molecule has 0 heterocycles. The topological polar surface area (TPSA) is 118 Å². The number of nitro groups is 1. The second kappa shape index (κ2) is 7.08. The van der Waals surface area contributed by atoms with Crippen molar-refractivity contribution in [1.82, 2.24) is 0 Å². The summed E-state index contributed by atoms with van der Waals surface area (Å²) >= 11 is 5.77. The summed E-state index contributed by atoms with van der Waals surface area (Å²) in [7, 11) is -4.34. The zero-order valence-corrected chi connectivity index (χ0v) is 14.5. The van der Waals surface area contributed by atoms with Crippen LogP contribution < -0.4 is 4.31 Å². The fraction of sp³-hybridized carbons (Fsp3) is 0.133. The highest BCUT2D eigenvalue weighted by molar-refractivity contribution is 7.93. The number of hydrogen-bond donors (Lipinski definition) is 1. The average Bonchev–Trinajstić information content (AvgIpc) is 2.53. The molecule has 8 nitrogen and oxygen atoms in total. The molecule has 0 saturated carbocycles. The molecule has 2 aromatic rings. The third-order valence-electron chi connectivity index (χ3n) is 3.34. The van der Waals surface area contributed by atoms with Gasteiger partial charge in [-0.1, -0.05) is 17.7 Å². The fourth-order valence-corrected chi connectivity index (χ4v) is 3.93. The number of halogens is 1. The van der Waals surface area contributed by atoms with Gasteiger partial charge in [-0.05, 0) is 36.8 Å². The Kier molecular flexibility index (Phi) is 5.29. The highest BCUT2D eigenvalue weighted by Crippen LogP contribution is 2.29. The third-order valence-corrected chi connectivity index (χ3v) is 5.51. The van der Waals surface area contributed by atoms with Gasteiger partial charge in [0.05, 0.1) is 15.5 Å². The molecule has 0 radical (unpaired) electrons. The monoisotopic (exact) mass is 384 g/mol. The molecule has 0 saturated heterocycles. The summed E-state index contributed by atoms with van der Waals surface area (Å²) in [5.74, 6) is -1.37. The van der Waals surface area contributed by atoms with E-state index >= 15 is 0 Å². The molecule has 1 N–H and O–H groups in total. The van der Waals surface area contributed by atoms with Crippen LogP contribution in [0.1, 0.15) is 5.56 Å². The number of carboxylic acid groups (broad SMARTS) is 1. The second-order valence-corrected chi connectivity index (χ2v) is 7.36. The van der Waals surface area contributed by atoms with Gasteiger partial charge in [0.25, 0.3) is 15.7 Å². The van der Waals surface area contributed by atoms with E-state index in [1.807, 2.05) is 0 Å². The van der Waals surface area contributed by atoms with E-state index in [4.69, 9.17) is 16.7 Å². The van der Waals surface area contributed by atoms with E-state index < -0.39 is 33.1 Å². The van der Waals surface area contributed by atoms with Gasteiger partial charge in [0.2, 0.25) is 0 Å². The molecule has 0 fully saturated rings. The molecule has 10 heteroatoms. The lowest BCUT2D eigenvalue weighted by molar-refractivity contribution is -0.385. The van der Waals surface area contributed by atoms with Crippen LogP contribution in [0.5, 0.6) is 0 Å². The summed E-state index contributed by atoms with van der Waals surface area (Å²) in [5, 5.41) is 20.4. The number of rotatable bonds is 6.